The lowest BCUT2D eigenvalue weighted by atomic mass is 10.1. The predicted molar refractivity (Wildman–Crippen MR) is 94.7 cm³/mol. The Labute approximate surface area is 139 Å². The molecular formula is C19H21NO4. The number of para-hydroxylation sites is 1. The molecule has 126 valence electrons. The molecule has 1 aromatic heterocycles. The monoisotopic (exact) mass is 327 g/mol. The molecule has 0 fully saturated rings. The van der Waals surface area contributed by atoms with Gasteiger partial charge in [-0.25, -0.2) is 0 Å². The Morgan fingerprint density at radius 3 is 2.79 bits per heavy atom. The van der Waals surface area contributed by atoms with Crippen LogP contribution in [0.3, 0.4) is 0 Å². The van der Waals surface area contributed by atoms with E-state index >= 15 is 0 Å². The third-order valence-electron chi connectivity index (χ3n) is 3.80. The summed E-state index contributed by atoms with van der Waals surface area (Å²) in [6.07, 6.45) is 0.432. The number of rotatable bonds is 7. The van der Waals surface area contributed by atoms with Gasteiger partial charge in [-0.2, -0.15) is 0 Å². The first kappa shape index (κ1) is 16.5. The highest BCUT2D eigenvalue weighted by atomic mass is 16.5. The van der Waals surface area contributed by atoms with Gasteiger partial charge < -0.3 is 19.6 Å². The molecular weight excluding hydrogens is 306 g/mol. The molecule has 24 heavy (non-hydrogen) atoms. The van der Waals surface area contributed by atoms with E-state index in [0.29, 0.717) is 34.2 Å². The Morgan fingerprint density at radius 1 is 1.17 bits per heavy atom. The van der Waals surface area contributed by atoms with Gasteiger partial charge in [0.2, 0.25) is 5.43 Å². The average Bonchev–Trinajstić information content (AvgIpc) is 2.60. The zero-order chi connectivity index (χ0) is 16.9. The van der Waals surface area contributed by atoms with Crippen LogP contribution in [0.1, 0.15) is 13.3 Å². The van der Waals surface area contributed by atoms with Crippen LogP contribution >= 0.6 is 0 Å². The van der Waals surface area contributed by atoms with Crippen LogP contribution in [0.2, 0.25) is 0 Å². The van der Waals surface area contributed by atoms with E-state index in [1.54, 1.807) is 30.3 Å². The van der Waals surface area contributed by atoms with Crippen LogP contribution in [-0.2, 0) is 0 Å². The van der Waals surface area contributed by atoms with Gasteiger partial charge in [-0.1, -0.05) is 19.1 Å². The van der Waals surface area contributed by atoms with Crippen LogP contribution in [0.15, 0.2) is 51.7 Å². The molecule has 1 unspecified atom stereocenters. The van der Waals surface area contributed by atoms with Gasteiger partial charge in [-0.15, -0.1) is 0 Å². The van der Waals surface area contributed by atoms with Crippen molar-refractivity contribution in [1.82, 2.24) is 5.32 Å². The summed E-state index contributed by atoms with van der Waals surface area (Å²) in [5.74, 6) is 0.565. The lowest BCUT2D eigenvalue weighted by molar-refractivity contribution is 0.106. The summed E-state index contributed by atoms with van der Waals surface area (Å²) in [5, 5.41) is 14.1. The molecule has 0 spiro atoms. The van der Waals surface area contributed by atoms with Crippen LogP contribution < -0.4 is 15.5 Å². The highest BCUT2D eigenvalue weighted by molar-refractivity contribution is 5.90. The van der Waals surface area contributed by atoms with Crippen molar-refractivity contribution in [2.75, 3.05) is 19.7 Å². The summed E-state index contributed by atoms with van der Waals surface area (Å²) < 4.78 is 11.4. The summed E-state index contributed by atoms with van der Waals surface area (Å²) in [7, 11) is 0. The van der Waals surface area contributed by atoms with Crippen LogP contribution in [0.5, 0.6) is 5.75 Å². The van der Waals surface area contributed by atoms with Gasteiger partial charge in [0.1, 0.15) is 29.6 Å². The number of hydrogen-bond donors (Lipinski definition) is 2. The smallest absolute Gasteiger partial charge is 0.200 e. The number of ether oxygens (including phenoxy) is 1. The molecule has 0 bridgehead atoms. The van der Waals surface area contributed by atoms with Crippen LogP contribution in [0, 0.1) is 0 Å². The van der Waals surface area contributed by atoms with Crippen molar-refractivity contribution in [2.24, 2.45) is 0 Å². The average molecular weight is 327 g/mol. The minimum atomic E-state index is -0.587. The normalized spacial score (nSPS) is 12.6. The molecule has 5 heteroatoms. The molecule has 3 rings (SSSR count). The SMILES string of the molecule is CCCNCC(O)COc1ccc2c(=O)c3ccccc3oc2c1. The Hall–Kier alpha value is -2.37. The zero-order valence-corrected chi connectivity index (χ0v) is 13.6. The Balaban J connectivity index is 1.79. The van der Waals surface area contributed by atoms with Crippen molar-refractivity contribution in [3.05, 3.63) is 52.7 Å². The highest BCUT2D eigenvalue weighted by Crippen LogP contribution is 2.22. The summed E-state index contributed by atoms with van der Waals surface area (Å²) in [6, 6.07) is 12.3. The molecule has 0 amide bonds. The van der Waals surface area contributed by atoms with Gasteiger partial charge in [0.15, 0.2) is 0 Å². The summed E-state index contributed by atoms with van der Waals surface area (Å²) >= 11 is 0. The first-order valence-electron chi connectivity index (χ1n) is 8.16. The van der Waals surface area contributed by atoms with Crippen LogP contribution in [0.25, 0.3) is 21.9 Å². The fraction of sp³-hybridized carbons (Fsp3) is 0.316. The van der Waals surface area contributed by atoms with Gasteiger partial charge in [-0.05, 0) is 37.2 Å². The molecule has 5 nitrogen and oxygen atoms in total. The molecule has 1 heterocycles. The lowest BCUT2D eigenvalue weighted by Gasteiger charge is -2.13. The van der Waals surface area contributed by atoms with E-state index in [9.17, 15) is 9.90 Å². The van der Waals surface area contributed by atoms with Crippen molar-refractivity contribution < 1.29 is 14.3 Å². The fourth-order valence-electron chi connectivity index (χ4n) is 2.57. The first-order valence-corrected chi connectivity index (χ1v) is 8.16. The van der Waals surface area contributed by atoms with Crippen molar-refractivity contribution in [3.8, 4) is 5.75 Å². The number of benzene rings is 2. The number of aliphatic hydroxyl groups is 1. The molecule has 0 saturated heterocycles. The summed E-state index contributed by atoms with van der Waals surface area (Å²) in [5.41, 5.74) is 0.980. The standard InChI is InChI=1S/C19H21NO4/c1-2-9-20-11-13(21)12-23-14-7-8-16-18(10-14)24-17-6-4-3-5-15(17)19(16)22/h3-8,10,13,20-21H,2,9,11-12H2,1H3. The first-order chi connectivity index (χ1) is 11.7. The molecule has 1 atom stereocenters. The van der Waals surface area contributed by atoms with Gasteiger partial charge in [-0.3, -0.25) is 4.79 Å². The maximum atomic E-state index is 12.5. The van der Waals surface area contributed by atoms with Gasteiger partial charge in [0.25, 0.3) is 0 Å². The van der Waals surface area contributed by atoms with Gasteiger partial charge in [0, 0.05) is 12.6 Å². The van der Waals surface area contributed by atoms with E-state index in [-0.39, 0.29) is 12.0 Å². The van der Waals surface area contributed by atoms with Crippen molar-refractivity contribution >= 4 is 21.9 Å². The maximum absolute atomic E-state index is 12.5. The van der Waals surface area contributed by atoms with E-state index in [2.05, 4.69) is 12.2 Å². The Bertz CT molecular complexity index is 887. The second-order valence-electron chi connectivity index (χ2n) is 5.75. The molecule has 2 N–H and O–H groups in total. The van der Waals surface area contributed by atoms with Crippen molar-refractivity contribution in [1.29, 1.82) is 0 Å². The van der Waals surface area contributed by atoms with Crippen molar-refractivity contribution in [2.45, 2.75) is 19.4 Å². The highest BCUT2D eigenvalue weighted by Gasteiger charge is 2.09. The lowest BCUT2D eigenvalue weighted by Crippen LogP contribution is -2.31. The Morgan fingerprint density at radius 2 is 1.96 bits per heavy atom. The minimum absolute atomic E-state index is 0.0535. The Kier molecular flexibility index (Phi) is 5.13. The van der Waals surface area contributed by atoms with E-state index in [1.165, 1.54) is 0 Å². The number of hydrogen-bond acceptors (Lipinski definition) is 5. The van der Waals surface area contributed by atoms with Crippen LogP contribution in [-0.4, -0.2) is 30.9 Å². The largest absolute Gasteiger partial charge is 0.491 e. The molecule has 0 saturated carbocycles. The van der Waals surface area contributed by atoms with Gasteiger partial charge >= 0.3 is 0 Å². The third kappa shape index (κ3) is 3.58. The second-order valence-corrected chi connectivity index (χ2v) is 5.75. The van der Waals surface area contributed by atoms with E-state index in [4.69, 9.17) is 9.15 Å². The maximum Gasteiger partial charge on any atom is 0.200 e. The second kappa shape index (κ2) is 7.47. The predicted octanol–water partition coefficient (Wildman–Crippen LogP) is 2.69. The van der Waals surface area contributed by atoms with E-state index in [1.807, 2.05) is 12.1 Å². The summed E-state index contributed by atoms with van der Waals surface area (Å²) in [6.45, 7) is 3.61. The summed E-state index contributed by atoms with van der Waals surface area (Å²) in [4.78, 5) is 12.5. The van der Waals surface area contributed by atoms with Gasteiger partial charge in [0.05, 0.1) is 10.8 Å². The molecule has 2 aromatic carbocycles. The third-order valence-corrected chi connectivity index (χ3v) is 3.80. The fourth-order valence-corrected chi connectivity index (χ4v) is 2.57. The van der Waals surface area contributed by atoms with E-state index in [0.717, 1.165) is 13.0 Å². The number of nitrogens with one attached hydrogen (secondary N) is 1. The number of aliphatic hydroxyl groups excluding tert-OH is 1. The quantitative estimate of drug-likeness (QED) is 0.516. The van der Waals surface area contributed by atoms with Crippen LogP contribution in [0.4, 0.5) is 0 Å². The molecule has 0 aliphatic rings. The molecule has 0 radical (unpaired) electrons. The molecule has 0 aliphatic heterocycles. The van der Waals surface area contributed by atoms with Crippen molar-refractivity contribution in [3.63, 3.8) is 0 Å². The molecule has 3 aromatic rings. The topological polar surface area (TPSA) is 71.7 Å². The van der Waals surface area contributed by atoms with E-state index < -0.39 is 6.10 Å². The minimum Gasteiger partial charge on any atom is -0.491 e. The number of fused-ring (bicyclic) bond motifs is 2. The molecule has 0 aliphatic carbocycles. The zero-order valence-electron chi connectivity index (χ0n) is 13.6.